The summed E-state index contributed by atoms with van der Waals surface area (Å²) < 4.78 is 98.8. The molecule has 2 aromatic carbocycles. The van der Waals surface area contributed by atoms with Gasteiger partial charge in [-0.1, -0.05) is 12.1 Å². The number of benzene rings is 2. The number of methoxy groups -OCH3 is 1. The van der Waals surface area contributed by atoms with Crippen molar-refractivity contribution in [3.8, 4) is 17.4 Å². The zero-order chi connectivity index (χ0) is 33.4. The van der Waals surface area contributed by atoms with Gasteiger partial charge in [-0.2, -0.15) is 18.2 Å². The molecule has 3 heterocycles. The van der Waals surface area contributed by atoms with Gasteiger partial charge in [0.1, 0.15) is 17.1 Å². The first-order valence-corrected chi connectivity index (χ1v) is 15.9. The Balaban J connectivity index is 1.39. The summed E-state index contributed by atoms with van der Waals surface area (Å²) in [6.07, 6.45) is -2.13. The van der Waals surface area contributed by atoms with E-state index in [0.717, 1.165) is 42.2 Å². The Morgan fingerprint density at radius 3 is 2.61 bits per heavy atom. The smallest absolute Gasteiger partial charge is 0.423 e. The van der Waals surface area contributed by atoms with Crippen molar-refractivity contribution in [2.75, 3.05) is 56.8 Å². The number of likely N-dealkylation sites (tertiary alicyclic amines) is 1. The number of amides is 1. The Morgan fingerprint density at radius 2 is 1.96 bits per heavy atom. The number of sulfonamides is 1. The van der Waals surface area contributed by atoms with Crippen molar-refractivity contribution in [1.82, 2.24) is 20.2 Å². The minimum atomic E-state index is -4.94. The zero-order valence-corrected chi connectivity index (χ0v) is 26.1. The molecule has 0 bridgehead atoms. The van der Waals surface area contributed by atoms with E-state index in [1.165, 1.54) is 38.4 Å². The molecule has 2 saturated heterocycles. The lowest BCUT2D eigenvalue weighted by Crippen LogP contribution is -2.38. The fourth-order valence-electron chi connectivity index (χ4n) is 5.43. The van der Waals surface area contributed by atoms with Gasteiger partial charge in [0.05, 0.1) is 48.6 Å². The molecular formula is C29H32F4N6O6S. The number of rotatable bonds is 9. The van der Waals surface area contributed by atoms with Gasteiger partial charge in [-0.05, 0) is 31.7 Å². The van der Waals surface area contributed by atoms with Crippen LogP contribution in [0, 0.1) is 5.82 Å². The maximum atomic E-state index is 15.3. The molecule has 1 amide bonds. The van der Waals surface area contributed by atoms with E-state index in [1.807, 2.05) is 7.05 Å². The SMILES string of the molecule is COc1cc(C(=O)NC2COC3(CCN(C)C3)C2)c(F)cc1Nc1ncc(C(F)(F)F)c(Oc2ccccc2N(C)S(C)(=O)=O)n1. The Hall–Kier alpha value is -4.22. The molecule has 5 rings (SSSR count). The van der Waals surface area contributed by atoms with E-state index in [9.17, 15) is 26.4 Å². The van der Waals surface area contributed by atoms with Crippen LogP contribution in [0.4, 0.5) is 34.9 Å². The van der Waals surface area contributed by atoms with Crippen molar-refractivity contribution in [2.24, 2.45) is 0 Å². The second kappa shape index (κ2) is 12.5. The van der Waals surface area contributed by atoms with Crippen LogP contribution in [-0.4, -0.2) is 88.0 Å². The van der Waals surface area contributed by atoms with Crippen LogP contribution in [-0.2, 0) is 20.9 Å². The lowest BCUT2D eigenvalue weighted by molar-refractivity contribution is -0.139. The van der Waals surface area contributed by atoms with E-state index in [-0.39, 0.29) is 40.1 Å². The molecule has 0 radical (unpaired) electrons. The largest absolute Gasteiger partial charge is 0.495 e. The summed E-state index contributed by atoms with van der Waals surface area (Å²) in [4.78, 5) is 22.7. The number of ether oxygens (including phenoxy) is 3. The number of aromatic nitrogens is 2. The number of likely N-dealkylation sites (N-methyl/N-ethyl adjacent to an activating group) is 1. The number of halogens is 4. The maximum absolute atomic E-state index is 15.3. The lowest BCUT2D eigenvalue weighted by atomic mass is 9.97. The number of nitrogens with one attached hydrogen (secondary N) is 2. The van der Waals surface area contributed by atoms with E-state index >= 15 is 4.39 Å². The lowest BCUT2D eigenvalue weighted by Gasteiger charge is -2.22. The van der Waals surface area contributed by atoms with Crippen molar-refractivity contribution >= 4 is 33.3 Å². The molecule has 2 aliphatic heterocycles. The average molecular weight is 669 g/mol. The van der Waals surface area contributed by atoms with Gasteiger partial charge in [0.25, 0.3) is 5.91 Å². The van der Waals surface area contributed by atoms with Crippen LogP contribution in [0.15, 0.2) is 42.6 Å². The molecule has 1 spiro atoms. The first-order valence-electron chi connectivity index (χ1n) is 14.0. The van der Waals surface area contributed by atoms with Gasteiger partial charge < -0.3 is 29.7 Å². The van der Waals surface area contributed by atoms with Gasteiger partial charge in [-0.25, -0.2) is 17.8 Å². The van der Waals surface area contributed by atoms with Gasteiger partial charge >= 0.3 is 6.18 Å². The topological polar surface area (TPSA) is 135 Å². The van der Waals surface area contributed by atoms with Crippen LogP contribution in [0.5, 0.6) is 17.4 Å². The Labute approximate surface area is 262 Å². The quantitative estimate of drug-likeness (QED) is 0.320. The van der Waals surface area contributed by atoms with E-state index in [1.54, 1.807) is 0 Å². The molecule has 2 atom stereocenters. The number of anilines is 3. The third kappa shape index (κ3) is 7.10. The fraction of sp³-hybridized carbons (Fsp3) is 0.414. The standard InChI is InChI=1S/C29H32F4N6O6S/c1-38-10-9-28(16-38)13-17(15-44-28)35-25(40)18-11-24(43-3)21(12-20(18)30)36-27-34-14-19(29(31,32)33)26(37-27)45-23-8-6-5-7-22(23)39(2)46(4,41)42/h5-8,11-12,14,17H,9-10,13,15-16H2,1-4H3,(H,35,40)(H,34,36,37). The highest BCUT2D eigenvalue weighted by Gasteiger charge is 2.45. The van der Waals surface area contributed by atoms with Gasteiger partial charge in [0.15, 0.2) is 5.75 Å². The first-order chi connectivity index (χ1) is 21.6. The van der Waals surface area contributed by atoms with Crippen molar-refractivity contribution in [2.45, 2.75) is 30.7 Å². The third-order valence-corrected chi connectivity index (χ3v) is 8.99. The Morgan fingerprint density at radius 1 is 1.22 bits per heavy atom. The maximum Gasteiger partial charge on any atom is 0.423 e. The highest BCUT2D eigenvalue weighted by Crippen LogP contribution is 2.40. The van der Waals surface area contributed by atoms with Crippen molar-refractivity contribution in [1.29, 1.82) is 0 Å². The molecule has 1 aromatic heterocycles. The summed E-state index contributed by atoms with van der Waals surface area (Å²) >= 11 is 0. The van der Waals surface area contributed by atoms with Gasteiger partial charge in [0.2, 0.25) is 21.9 Å². The first kappa shape index (κ1) is 33.2. The van der Waals surface area contributed by atoms with Crippen LogP contribution >= 0.6 is 0 Å². The van der Waals surface area contributed by atoms with Gasteiger partial charge in [0, 0.05) is 38.8 Å². The number of nitrogens with zero attached hydrogens (tertiary/aromatic N) is 4. The number of carbonyl (C=O) groups excluding carboxylic acids is 1. The molecule has 3 aromatic rings. The van der Waals surface area contributed by atoms with Crippen LogP contribution < -0.4 is 24.4 Å². The van der Waals surface area contributed by atoms with Crippen molar-refractivity contribution in [3.63, 3.8) is 0 Å². The van der Waals surface area contributed by atoms with Crippen molar-refractivity contribution in [3.05, 3.63) is 59.5 Å². The molecule has 0 aliphatic carbocycles. The molecule has 2 unspecified atom stereocenters. The highest BCUT2D eigenvalue weighted by molar-refractivity contribution is 7.92. The zero-order valence-electron chi connectivity index (χ0n) is 25.3. The van der Waals surface area contributed by atoms with Crippen molar-refractivity contribution < 1.29 is 45.0 Å². The van der Waals surface area contributed by atoms with Gasteiger partial charge in [-0.3, -0.25) is 9.10 Å². The molecule has 248 valence electrons. The molecule has 2 aliphatic rings. The second-order valence-corrected chi connectivity index (χ2v) is 13.2. The highest BCUT2D eigenvalue weighted by atomic mass is 32.2. The minimum Gasteiger partial charge on any atom is -0.495 e. The molecule has 17 heteroatoms. The number of hydrogen-bond acceptors (Lipinski definition) is 10. The van der Waals surface area contributed by atoms with E-state index in [2.05, 4.69) is 25.5 Å². The summed E-state index contributed by atoms with van der Waals surface area (Å²) in [5.74, 6) is -3.24. The summed E-state index contributed by atoms with van der Waals surface area (Å²) in [7, 11) is 0.678. The normalized spacial score (nSPS) is 20.1. The molecule has 0 saturated carbocycles. The summed E-state index contributed by atoms with van der Waals surface area (Å²) in [6.45, 7) is 1.92. The van der Waals surface area contributed by atoms with Crippen LogP contribution in [0.1, 0.15) is 28.8 Å². The number of para-hydroxylation sites is 2. The molecule has 46 heavy (non-hydrogen) atoms. The fourth-order valence-corrected chi connectivity index (χ4v) is 5.94. The van der Waals surface area contributed by atoms with E-state index < -0.39 is 45.3 Å². The average Bonchev–Trinajstić information content (AvgIpc) is 3.55. The monoisotopic (exact) mass is 668 g/mol. The summed E-state index contributed by atoms with van der Waals surface area (Å²) in [6, 6.07) is 7.32. The number of alkyl halides is 3. The van der Waals surface area contributed by atoms with Gasteiger partial charge in [-0.15, -0.1) is 0 Å². The second-order valence-electron chi connectivity index (χ2n) is 11.2. The predicted molar refractivity (Wildman–Crippen MR) is 160 cm³/mol. The molecule has 2 fully saturated rings. The van der Waals surface area contributed by atoms with E-state index in [0.29, 0.717) is 19.2 Å². The third-order valence-electron chi connectivity index (χ3n) is 7.80. The summed E-state index contributed by atoms with van der Waals surface area (Å²) in [5, 5.41) is 5.42. The Kier molecular flexibility index (Phi) is 9.03. The number of hydrogen-bond donors (Lipinski definition) is 2. The molecular weight excluding hydrogens is 636 g/mol. The predicted octanol–water partition coefficient (Wildman–Crippen LogP) is 4.17. The van der Waals surface area contributed by atoms with Crippen LogP contribution in [0.3, 0.4) is 0 Å². The molecule has 12 nitrogen and oxygen atoms in total. The molecule has 2 N–H and O–H groups in total. The van der Waals surface area contributed by atoms with Crippen LogP contribution in [0.25, 0.3) is 0 Å². The number of carbonyl (C=O) groups is 1. The van der Waals surface area contributed by atoms with E-state index in [4.69, 9.17) is 14.2 Å². The Bertz CT molecular complexity index is 1740. The summed E-state index contributed by atoms with van der Waals surface area (Å²) in [5.41, 5.74) is -2.12. The van der Waals surface area contributed by atoms with Crippen LogP contribution in [0.2, 0.25) is 0 Å². The minimum absolute atomic E-state index is 0.0193.